The molecule has 1 heterocycles. The summed E-state index contributed by atoms with van der Waals surface area (Å²) in [5.41, 5.74) is 1.05. The molecule has 2 aromatic carbocycles. The Bertz CT molecular complexity index is 1090. The molecule has 0 radical (unpaired) electrons. The van der Waals surface area contributed by atoms with Gasteiger partial charge < -0.3 is 10.1 Å². The molecule has 29 heavy (non-hydrogen) atoms. The molecule has 0 spiro atoms. The van der Waals surface area contributed by atoms with Crippen molar-refractivity contribution in [2.75, 3.05) is 23.3 Å². The Labute approximate surface area is 182 Å². The van der Waals surface area contributed by atoms with E-state index in [1.807, 2.05) is 6.92 Å². The van der Waals surface area contributed by atoms with Crippen molar-refractivity contribution < 1.29 is 17.9 Å². The van der Waals surface area contributed by atoms with Crippen LogP contribution in [0.3, 0.4) is 0 Å². The minimum atomic E-state index is -3.91. The van der Waals surface area contributed by atoms with Gasteiger partial charge in [0.25, 0.3) is 15.9 Å². The Balaban J connectivity index is 1.85. The van der Waals surface area contributed by atoms with Crippen LogP contribution in [0.1, 0.15) is 16.6 Å². The third-order valence-corrected chi connectivity index (χ3v) is 7.49. The maximum absolute atomic E-state index is 13.1. The van der Waals surface area contributed by atoms with Crippen molar-refractivity contribution in [3.63, 3.8) is 0 Å². The first-order valence-corrected chi connectivity index (χ1v) is 11.8. The molecule has 0 aliphatic heterocycles. The topological polar surface area (TPSA) is 75.7 Å². The van der Waals surface area contributed by atoms with Crippen LogP contribution in [-0.4, -0.2) is 28.0 Å². The molecule has 0 saturated carbocycles. The maximum Gasteiger partial charge on any atom is 0.267 e. The summed E-state index contributed by atoms with van der Waals surface area (Å²) >= 11 is 4.42. The first kappa shape index (κ1) is 21.4. The van der Waals surface area contributed by atoms with E-state index in [2.05, 4.69) is 21.2 Å². The number of halogens is 1. The number of carbonyl (C=O) groups is 1. The average molecular weight is 495 g/mol. The zero-order chi connectivity index (χ0) is 21.0. The number of hydrogen-bond donors (Lipinski definition) is 1. The van der Waals surface area contributed by atoms with E-state index in [1.165, 1.54) is 13.1 Å². The number of hydrogen-bond acceptors (Lipinski definition) is 5. The quantitative estimate of drug-likeness (QED) is 0.502. The zero-order valence-corrected chi connectivity index (χ0v) is 19.0. The van der Waals surface area contributed by atoms with E-state index in [9.17, 15) is 13.2 Å². The predicted molar refractivity (Wildman–Crippen MR) is 120 cm³/mol. The van der Waals surface area contributed by atoms with E-state index >= 15 is 0 Å². The van der Waals surface area contributed by atoms with Gasteiger partial charge in [-0.15, -0.1) is 11.3 Å². The number of benzene rings is 2. The number of nitrogens with zero attached hydrogens (tertiary/aromatic N) is 1. The molecular weight excluding hydrogens is 476 g/mol. The van der Waals surface area contributed by atoms with Crippen molar-refractivity contribution in [1.29, 1.82) is 0 Å². The smallest absolute Gasteiger partial charge is 0.267 e. The fourth-order valence-electron chi connectivity index (χ4n) is 2.59. The fraction of sp³-hybridized carbons (Fsp3) is 0.150. The van der Waals surface area contributed by atoms with Crippen molar-refractivity contribution >= 4 is 54.6 Å². The molecule has 1 N–H and O–H groups in total. The Morgan fingerprint density at radius 1 is 1.10 bits per heavy atom. The van der Waals surface area contributed by atoms with Gasteiger partial charge in [0.15, 0.2) is 0 Å². The Morgan fingerprint density at radius 2 is 1.76 bits per heavy atom. The van der Waals surface area contributed by atoms with Crippen LogP contribution in [0.25, 0.3) is 0 Å². The maximum atomic E-state index is 13.1. The first-order chi connectivity index (χ1) is 13.8. The van der Waals surface area contributed by atoms with Gasteiger partial charge in [-0.1, -0.05) is 15.9 Å². The van der Waals surface area contributed by atoms with Crippen molar-refractivity contribution in [3.8, 4) is 5.75 Å². The molecule has 1 amide bonds. The van der Waals surface area contributed by atoms with Crippen molar-refractivity contribution in [2.24, 2.45) is 0 Å². The SMILES string of the molecule is CCOc1ccc(N(C)S(=O)(=O)c2ccsc2C(=O)Nc2ccc(Br)cc2)cc1. The van der Waals surface area contributed by atoms with Gasteiger partial charge in [-0.25, -0.2) is 8.42 Å². The molecule has 152 valence electrons. The van der Waals surface area contributed by atoms with Crippen LogP contribution < -0.4 is 14.4 Å². The molecule has 3 rings (SSSR count). The summed E-state index contributed by atoms with van der Waals surface area (Å²) in [6.07, 6.45) is 0. The van der Waals surface area contributed by atoms with Crippen molar-refractivity contribution in [2.45, 2.75) is 11.8 Å². The minimum Gasteiger partial charge on any atom is -0.494 e. The van der Waals surface area contributed by atoms with Crippen LogP contribution in [0.2, 0.25) is 0 Å². The lowest BCUT2D eigenvalue weighted by Gasteiger charge is -2.20. The molecule has 3 aromatic rings. The second-order valence-corrected chi connectivity index (χ2v) is 9.74. The molecule has 0 aliphatic carbocycles. The number of sulfonamides is 1. The molecule has 9 heteroatoms. The normalized spacial score (nSPS) is 11.1. The molecule has 0 atom stereocenters. The summed E-state index contributed by atoms with van der Waals surface area (Å²) in [5.74, 6) is 0.188. The van der Waals surface area contributed by atoms with Crippen molar-refractivity contribution in [3.05, 3.63) is 69.3 Å². The summed E-state index contributed by atoms with van der Waals surface area (Å²) in [7, 11) is -2.46. The van der Waals surface area contributed by atoms with Gasteiger partial charge in [-0.3, -0.25) is 9.10 Å². The van der Waals surface area contributed by atoms with E-state index < -0.39 is 15.9 Å². The van der Waals surface area contributed by atoms with E-state index in [4.69, 9.17) is 4.74 Å². The summed E-state index contributed by atoms with van der Waals surface area (Å²) in [5, 5.41) is 4.33. The van der Waals surface area contributed by atoms with Crippen LogP contribution in [0.4, 0.5) is 11.4 Å². The van der Waals surface area contributed by atoms with Crippen LogP contribution in [0.5, 0.6) is 5.75 Å². The number of carbonyl (C=O) groups excluding carboxylic acids is 1. The highest BCUT2D eigenvalue weighted by Crippen LogP contribution is 2.29. The molecule has 0 saturated heterocycles. The highest BCUT2D eigenvalue weighted by molar-refractivity contribution is 9.10. The lowest BCUT2D eigenvalue weighted by Crippen LogP contribution is -2.28. The fourth-order valence-corrected chi connectivity index (χ4v) is 5.35. The summed E-state index contributed by atoms with van der Waals surface area (Å²) in [6.45, 7) is 2.40. The second kappa shape index (κ2) is 8.98. The number of rotatable bonds is 7. The summed E-state index contributed by atoms with van der Waals surface area (Å²) < 4.78 is 33.7. The van der Waals surface area contributed by atoms with Gasteiger partial charge in [-0.05, 0) is 66.9 Å². The number of nitrogens with one attached hydrogen (secondary N) is 1. The van der Waals surface area contributed by atoms with Gasteiger partial charge in [0.2, 0.25) is 0 Å². The largest absolute Gasteiger partial charge is 0.494 e. The summed E-state index contributed by atoms with van der Waals surface area (Å²) in [6, 6.07) is 15.2. The highest BCUT2D eigenvalue weighted by atomic mass is 79.9. The zero-order valence-electron chi connectivity index (χ0n) is 15.8. The number of amides is 1. The molecule has 0 bridgehead atoms. The van der Waals surface area contributed by atoms with Crippen LogP contribution in [0.15, 0.2) is 69.3 Å². The Morgan fingerprint density at radius 3 is 2.38 bits per heavy atom. The molecule has 1 aromatic heterocycles. The van der Waals surface area contributed by atoms with Crippen LogP contribution >= 0.6 is 27.3 Å². The van der Waals surface area contributed by atoms with Crippen LogP contribution in [0, 0.1) is 0 Å². The third kappa shape index (κ3) is 4.80. The summed E-state index contributed by atoms with van der Waals surface area (Å²) in [4.78, 5) is 12.8. The lowest BCUT2D eigenvalue weighted by molar-refractivity contribution is 0.102. The average Bonchev–Trinajstić information content (AvgIpc) is 3.21. The monoisotopic (exact) mass is 494 g/mol. The molecule has 0 aliphatic rings. The number of thiophene rings is 1. The molecular formula is C20H19BrN2O4S2. The van der Waals surface area contributed by atoms with Gasteiger partial charge in [0.05, 0.1) is 12.3 Å². The van der Waals surface area contributed by atoms with Gasteiger partial charge in [0, 0.05) is 17.2 Å². The lowest BCUT2D eigenvalue weighted by atomic mass is 10.3. The number of anilines is 2. The first-order valence-electron chi connectivity index (χ1n) is 8.69. The van der Waals surface area contributed by atoms with Crippen molar-refractivity contribution in [1.82, 2.24) is 0 Å². The van der Waals surface area contributed by atoms with Gasteiger partial charge >= 0.3 is 0 Å². The predicted octanol–water partition coefficient (Wildman–Crippen LogP) is 4.99. The standard InChI is InChI=1S/C20H19BrN2O4S2/c1-3-27-17-10-8-16(9-11-17)23(2)29(25,26)18-12-13-28-19(18)20(24)22-15-6-4-14(21)5-7-15/h4-13H,3H2,1-2H3,(H,22,24). The second-order valence-electron chi connectivity index (χ2n) is 5.97. The molecule has 0 unspecified atom stereocenters. The number of ether oxygens (including phenoxy) is 1. The third-order valence-electron chi connectivity index (χ3n) is 4.09. The van der Waals surface area contributed by atoms with Gasteiger partial charge in [-0.2, -0.15) is 0 Å². The van der Waals surface area contributed by atoms with Crippen LogP contribution in [-0.2, 0) is 10.0 Å². The highest BCUT2D eigenvalue weighted by Gasteiger charge is 2.28. The molecule has 6 nitrogen and oxygen atoms in total. The molecule has 0 fully saturated rings. The minimum absolute atomic E-state index is 0.0338. The van der Waals surface area contributed by atoms with E-state index in [0.29, 0.717) is 23.7 Å². The Kier molecular flexibility index (Phi) is 6.61. The van der Waals surface area contributed by atoms with E-state index in [0.717, 1.165) is 20.1 Å². The van der Waals surface area contributed by atoms with E-state index in [1.54, 1.807) is 53.9 Å². The van der Waals surface area contributed by atoms with Gasteiger partial charge in [0.1, 0.15) is 15.5 Å². The van der Waals surface area contributed by atoms with E-state index in [-0.39, 0.29) is 9.77 Å². The Hall–Kier alpha value is -2.36.